The summed E-state index contributed by atoms with van der Waals surface area (Å²) in [6.07, 6.45) is 2.99. The lowest BCUT2D eigenvalue weighted by Crippen LogP contribution is -2.43. The van der Waals surface area contributed by atoms with Gasteiger partial charge in [0, 0.05) is 5.56 Å². The Labute approximate surface area is 124 Å². The van der Waals surface area contributed by atoms with Crippen LogP contribution in [0.25, 0.3) is 5.57 Å². The van der Waals surface area contributed by atoms with Crippen LogP contribution in [0.1, 0.15) is 34.8 Å². The van der Waals surface area contributed by atoms with Gasteiger partial charge in [-0.25, -0.2) is 0 Å². The fourth-order valence-electron chi connectivity index (χ4n) is 3.13. The highest BCUT2D eigenvalue weighted by Crippen LogP contribution is 2.38. The van der Waals surface area contributed by atoms with Gasteiger partial charge in [0.15, 0.2) is 11.4 Å². The van der Waals surface area contributed by atoms with Crippen LogP contribution in [0.5, 0.6) is 0 Å². The van der Waals surface area contributed by atoms with Crippen molar-refractivity contribution in [3.8, 4) is 0 Å². The maximum absolute atomic E-state index is 12.8. The van der Waals surface area contributed by atoms with Crippen molar-refractivity contribution in [2.75, 3.05) is 0 Å². The first-order valence-corrected chi connectivity index (χ1v) is 7.24. The lowest BCUT2D eigenvalue weighted by atomic mass is 9.73. The van der Waals surface area contributed by atoms with Crippen LogP contribution in [0.3, 0.4) is 0 Å². The van der Waals surface area contributed by atoms with Crippen LogP contribution in [-0.4, -0.2) is 16.5 Å². The maximum atomic E-state index is 12.8. The van der Waals surface area contributed by atoms with Gasteiger partial charge in [-0.3, -0.25) is 4.79 Å². The minimum absolute atomic E-state index is 0.193. The number of hydrogen-bond donors (Lipinski definition) is 1. The number of hydrogen-bond acceptors (Lipinski definition) is 2. The molecule has 1 atom stereocenters. The van der Waals surface area contributed by atoms with Crippen LogP contribution >= 0.6 is 0 Å². The first-order chi connectivity index (χ1) is 10.2. The largest absolute Gasteiger partial charge is 0.377 e. The molecule has 0 spiro atoms. The predicted molar refractivity (Wildman–Crippen MR) is 84.1 cm³/mol. The molecule has 1 N–H and O–H groups in total. The van der Waals surface area contributed by atoms with Crippen LogP contribution in [-0.2, 0) is 6.42 Å². The lowest BCUT2D eigenvalue weighted by Gasteiger charge is -2.34. The van der Waals surface area contributed by atoms with E-state index in [1.807, 2.05) is 61.5 Å². The van der Waals surface area contributed by atoms with Crippen molar-refractivity contribution in [3.63, 3.8) is 0 Å². The Bertz CT molecular complexity index is 701. The highest BCUT2D eigenvalue weighted by atomic mass is 16.3. The molecule has 0 saturated carbocycles. The fraction of sp³-hybridized carbons (Fsp3) is 0.211. The minimum Gasteiger partial charge on any atom is -0.377 e. The first-order valence-electron chi connectivity index (χ1n) is 7.24. The molecule has 0 amide bonds. The molecule has 0 saturated heterocycles. The molecule has 1 unspecified atom stereocenters. The molecule has 0 heterocycles. The van der Waals surface area contributed by atoms with Crippen molar-refractivity contribution in [2.45, 2.75) is 25.4 Å². The second kappa shape index (κ2) is 5.30. The Morgan fingerprint density at radius 3 is 2.48 bits per heavy atom. The van der Waals surface area contributed by atoms with Gasteiger partial charge < -0.3 is 5.11 Å². The highest BCUT2D eigenvalue weighted by Gasteiger charge is 2.43. The van der Waals surface area contributed by atoms with Gasteiger partial charge in [0.25, 0.3) is 0 Å². The Morgan fingerprint density at radius 1 is 1.10 bits per heavy atom. The zero-order valence-electron chi connectivity index (χ0n) is 12.0. The maximum Gasteiger partial charge on any atom is 0.199 e. The summed E-state index contributed by atoms with van der Waals surface area (Å²) in [5.41, 5.74) is 1.83. The number of benzene rings is 2. The summed E-state index contributed by atoms with van der Waals surface area (Å²) in [6.45, 7) is 1.87. The summed E-state index contributed by atoms with van der Waals surface area (Å²) in [7, 11) is 0. The number of ketones is 1. The standard InChI is InChI=1S/C19H18O2/c1-2-17(15-9-4-3-5-10-15)19(21)13-12-14-8-6-7-11-16(14)18(19)20/h2-11,21H,12-13H2,1H3/b17-2-. The summed E-state index contributed by atoms with van der Waals surface area (Å²) < 4.78 is 0. The van der Waals surface area contributed by atoms with E-state index in [4.69, 9.17) is 0 Å². The normalized spacial score (nSPS) is 22.0. The summed E-state index contributed by atoms with van der Waals surface area (Å²) >= 11 is 0. The van der Waals surface area contributed by atoms with Gasteiger partial charge in [-0.05, 0) is 36.5 Å². The highest BCUT2D eigenvalue weighted by molar-refractivity contribution is 6.12. The van der Waals surface area contributed by atoms with Crippen LogP contribution in [0.2, 0.25) is 0 Å². The molecule has 2 nitrogen and oxygen atoms in total. The molecule has 3 rings (SSSR count). The predicted octanol–water partition coefficient (Wildman–Crippen LogP) is 3.65. The van der Waals surface area contributed by atoms with E-state index in [2.05, 4.69) is 0 Å². The van der Waals surface area contributed by atoms with Gasteiger partial charge in [-0.15, -0.1) is 0 Å². The Hall–Kier alpha value is -2.19. The Balaban J connectivity index is 2.08. The zero-order valence-corrected chi connectivity index (χ0v) is 12.0. The number of rotatable bonds is 2. The van der Waals surface area contributed by atoms with E-state index in [0.717, 1.165) is 11.1 Å². The summed E-state index contributed by atoms with van der Waals surface area (Å²) in [6, 6.07) is 17.2. The molecule has 1 aliphatic rings. The Kier molecular flexibility index (Phi) is 3.48. The number of carbonyl (C=O) groups is 1. The van der Waals surface area contributed by atoms with E-state index in [-0.39, 0.29) is 5.78 Å². The smallest absolute Gasteiger partial charge is 0.199 e. The van der Waals surface area contributed by atoms with Gasteiger partial charge in [0.1, 0.15) is 0 Å². The molecular weight excluding hydrogens is 260 g/mol. The summed E-state index contributed by atoms with van der Waals surface area (Å²) in [5.74, 6) is -0.193. The first kappa shape index (κ1) is 13.8. The second-order valence-electron chi connectivity index (χ2n) is 5.41. The number of allylic oxidation sites excluding steroid dienone is 1. The van der Waals surface area contributed by atoms with Gasteiger partial charge >= 0.3 is 0 Å². The van der Waals surface area contributed by atoms with Gasteiger partial charge in [0.05, 0.1) is 0 Å². The number of aryl methyl sites for hydroxylation is 1. The molecule has 2 heteroatoms. The third-order valence-corrected chi connectivity index (χ3v) is 4.21. The molecule has 106 valence electrons. The molecule has 21 heavy (non-hydrogen) atoms. The molecule has 0 aromatic heterocycles. The SMILES string of the molecule is C/C=C(/c1ccccc1)C1(O)CCc2ccccc2C1=O. The van der Waals surface area contributed by atoms with Crippen molar-refractivity contribution < 1.29 is 9.90 Å². The van der Waals surface area contributed by atoms with E-state index >= 15 is 0 Å². The summed E-state index contributed by atoms with van der Waals surface area (Å²) in [4.78, 5) is 12.8. The van der Waals surface area contributed by atoms with Crippen LogP contribution in [0.15, 0.2) is 60.7 Å². The number of fused-ring (bicyclic) bond motifs is 1. The third-order valence-electron chi connectivity index (χ3n) is 4.21. The molecule has 1 aliphatic carbocycles. The second-order valence-corrected chi connectivity index (χ2v) is 5.41. The molecular formula is C19H18O2. The number of carbonyl (C=O) groups excluding carboxylic acids is 1. The van der Waals surface area contributed by atoms with Gasteiger partial charge in [0.2, 0.25) is 0 Å². The van der Waals surface area contributed by atoms with Crippen LogP contribution in [0, 0.1) is 0 Å². The fourth-order valence-corrected chi connectivity index (χ4v) is 3.13. The van der Waals surface area contributed by atoms with E-state index in [1.165, 1.54) is 0 Å². The van der Waals surface area contributed by atoms with Crippen molar-refractivity contribution >= 4 is 11.4 Å². The molecule has 2 aromatic carbocycles. The molecule has 0 radical (unpaired) electrons. The summed E-state index contributed by atoms with van der Waals surface area (Å²) in [5, 5.41) is 11.1. The number of Topliss-reactive ketones (excluding diaryl/α,β-unsaturated/α-hetero) is 1. The average Bonchev–Trinajstić information content (AvgIpc) is 2.53. The third kappa shape index (κ3) is 2.22. The molecule has 0 fully saturated rings. The van der Waals surface area contributed by atoms with Crippen molar-refractivity contribution in [1.29, 1.82) is 0 Å². The minimum atomic E-state index is -1.43. The monoisotopic (exact) mass is 278 g/mol. The molecule has 2 aromatic rings. The average molecular weight is 278 g/mol. The molecule has 0 aliphatic heterocycles. The zero-order chi connectivity index (χ0) is 14.9. The van der Waals surface area contributed by atoms with Crippen molar-refractivity contribution in [2.24, 2.45) is 0 Å². The topological polar surface area (TPSA) is 37.3 Å². The van der Waals surface area contributed by atoms with E-state index in [1.54, 1.807) is 6.07 Å². The van der Waals surface area contributed by atoms with E-state index in [9.17, 15) is 9.90 Å². The van der Waals surface area contributed by atoms with E-state index in [0.29, 0.717) is 24.0 Å². The van der Waals surface area contributed by atoms with Crippen LogP contribution in [0.4, 0.5) is 0 Å². The van der Waals surface area contributed by atoms with E-state index < -0.39 is 5.60 Å². The van der Waals surface area contributed by atoms with Crippen molar-refractivity contribution in [3.05, 3.63) is 77.4 Å². The van der Waals surface area contributed by atoms with Gasteiger partial charge in [-0.1, -0.05) is 60.7 Å². The Morgan fingerprint density at radius 2 is 1.76 bits per heavy atom. The van der Waals surface area contributed by atoms with Crippen LogP contribution < -0.4 is 0 Å². The molecule has 0 bridgehead atoms. The quantitative estimate of drug-likeness (QED) is 0.910. The lowest BCUT2D eigenvalue weighted by molar-refractivity contribution is 0.0510. The van der Waals surface area contributed by atoms with Crippen molar-refractivity contribution in [1.82, 2.24) is 0 Å². The number of aliphatic hydroxyl groups is 1. The van der Waals surface area contributed by atoms with Gasteiger partial charge in [-0.2, -0.15) is 0 Å².